The number of primary amides is 1. The van der Waals surface area contributed by atoms with Crippen LogP contribution in [0.4, 0.5) is 0 Å². The molecule has 11 nitrogen and oxygen atoms in total. The number of hydrogen-bond donors (Lipinski definition) is 7. The van der Waals surface area contributed by atoms with Gasteiger partial charge in [0.1, 0.15) is 18.1 Å². The van der Waals surface area contributed by atoms with Gasteiger partial charge in [0.25, 0.3) is 0 Å². The highest BCUT2D eigenvalue weighted by molar-refractivity contribution is 5.77. The van der Waals surface area contributed by atoms with Crippen molar-refractivity contribution < 1.29 is 34.5 Å². The van der Waals surface area contributed by atoms with Gasteiger partial charge in [-0.3, -0.25) is 19.2 Å². The molecule has 1 rings (SSSR count). The molecule has 1 aromatic rings. The Morgan fingerprint density at radius 3 is 1.68 bits per heavy atom. The summed E-state index contributed by atoms with van der Waals surface area (Å²) in [5.74, 6) is -3.44. The van der Waals surface area contributed by atoms with Gasteiger partial charge in [0.05, 0.1) is 0 Å². The lowest BCUT2D eigenvalue weighted by atomic mass is 10.0. The van der Waals surface area contributed by atoms with Crippen molar-refractivity contribution in [2.75, 3.05) is 0 Å². The molecule has 31 heavy (non-hydrogen) atoms. The van der Waals surface area contributed by atoms with Crippen LogP contribution >= 0.6 is 0 Å². The molecule has 0 spiro atoms. The van der Waals surface area contributed by atoms with Crippen molar-refractivity contribution in [3.63, 3.8) is 0 Å². The van der Waals surface area contributed by atoms with E-state index in [0.29, 0.717) is 6.42 Å². The largest absolute Gasteiger partial charge is 0.480 e. The first kappa shape index (κ1) is 30.2. The number of carbonyl (C=O) groups excluding carboxylic acids is 1. The van der Waals surface area contributed by atoms with E-state index in [1.54, 1.807) is 0 Å². The number of rotatable bonds is 10. The summed E-state index contributed by atoms with van der Waals surface area (Å²) < 4.78 is 0. The van der Waals surface area contributed by atoms with Gasteiger partial charge in [-0.2, -0.15) is 0 Å². The molecule has 0 saturated carbocycles. The third-order valence-electron chi connectivity index (χ3n) is 4.18. The first-order valence-electron chi connectivity index (χ1n) is 9.60. The maximum absolute atomic E-state index is 10.4. The normalized spacial score (nSPS) is 13.7. The summed E-state index contributed by atoms with van der Waals surface area (Å²) >= 11 is 0. The molecule has 0 fully saturated rings. The quantitative estimate of drug-likeness (QED) is 0.251. The zero-order valence-electron chi connectivity index (χ0n) is 17.8. The number of nitrogens with two attached hydrogens (primary N) is 4. The summed E-state index contributed by atoms with van der Waals surface area (Å²) in [5.41, 5.74) is 21.4. The van der Waals surface area contributed by atoms with Crippen LogP contribution in [0.2, 0.25) is 0 Å². The van der Waals surface area contributed by atoms with Gasteiger partial charge in [0, 0.05) is 6.42 Å². The minimum absolute atomic E-state index is 0.0213. The highest BCUT2D eigenvalue weighted by atomic mass is 16.4. The molecule has 4 atom stereocenters. The van der Waals surface area contributed by atoms with E-state index in [9.17, 15) is 19.2 Å². The third-order valence-corrected chi connectivity index (χ3v) is 4.18. The number of aliphatic carboxylic acids is 3. The zero-order valence-corrected chi connectivity index (χ0v) is 17.8. The molecule has 1 aromatic carbocycles. The van der Waals surface area contributed by atoms with Gasteiger partial charge in [0.15, 0.2) is 0 Å². The van der Waals surface area contributed by atoms with Crippen molar-refractivity contribution in [2.45, 2.75) is 57.7 Å². The Labute approximate surface area is 181 Å². The molecule has 0 aliphatic carbocycles. The predicted molar refractivity (Wildman–Crippen MR) is 115 cm³/mol. The molecule has 0 bridgehead atoms. The Hall–Kier alpha value is -3.02. The minimum Gasteiger partial charge on any atom is -0.480 e. The molecule has 0 aliphatic heterocycles. The Morgan fingerprint density at radius 1 is 0.871 bits per heavy atom. The second-order valence-corrected chi connectivity index (χ2v) is 6.83. The van der Waals surface area contributed by atoms with Gasteiger partial charge in [-0.05, 0) is 24.3 Å². The monoisotopic (exact) mass is 442 g/mol. The molecule has 0 radical (unpaired) electrons. The molecule has 0 unspecified atom stereocenters. The number of hydrogen-bond acceptors (Lipinski definition) is 7. The smallest absolute Gasteiger partial charge is 0.320 e. The van der Waals surface area contributed by atoms with Crippen LogP contribution in [-0.2, 0) is 25.6 Å². The van der Waals surface area contributed by atoms with Gasteiger partial charge in [-0.15, -0.1) is 0 Å². The zero-order chi connectivity index (χ0) is 24.6. The number of carbonyl (C=O) groups is 4. The van der Waals surface area contributed by atoms with Crippen molar-refractivity contribution in [3.05, 3.63) is 35.9 Å². The van der Waals surface area contributed by atoms with E-state index in [2.05, 4.69) is 0 Å². The second kappa shape index (κ2) is 16.7. The van der Waals surface area contributed by atoms with Gasteiger partial charge in [0.2, 0.25) is 5.91 Å². The molecular weight excluding hydrogens is 408 g/mol. The molecule has 11 heteroatoms. The molecular formula is C20H34N4O7. The fourth-order valence-corrected chi connectivity index (χ4v) is 1.87. The first-order valence-corrected chi connectivity index (χ1v) is 9.60. The summed E-state index contributed by atoms with van der Waals surface area (Å²) in [6, 6.07) is 6.87. The van der Waals surface area contributed by atoms with Gasteiger partial charge in [-0.1, -0.05) is 50.6 Å². The summed E-state index contributed by atoms with van der Waals surface area (Å²) in [4.78, 5) is 40.7. The maximum atomic E-state index is 10.4. The van der Waals surface area contributed by atoms with Crippen LogP contribution in [0.3, 0.4) is 0 Å². The molecule has 176 valence electrons. The lowest BCUT2D eigenvalue weighted by Crippen LogP contribution is -2.36. The molecule has 11 N–H and O–H groups in total. The summed E-state index contributed by atoms with van der Waals surface area (Å²) in [6.07, 6.45) is 1.32. The predicted octanol–water partition coefficient (Wildman–Crippen LogP) is -0.251. The molecule has 0 aromatic heterocycles. The summed E-state index contributed by atoms with van der Waals surface area (Å²) in [6.45, 7) is 3.76. The lowest BCUT2D eigenvalue weighted by molar-refractivity contribution is -0.140. The number of carboxylic acid groups (broad SMARTS) is 3. The number of amides is 1. The van der Waals surface area contributed by atoms with Crippen LogP contribution in [0.15, 0.2) is 30.3 Å². The van der Waals surface area contributed by atoms with Crippen molar-refractivity contribution in [1.29, 1.82) is 0 Å². The Kier molecular flexibility index (Phi) is 16.3. The fourth-order valence-electron chi connectivity index (χ4n) is 1.87. The summed E-state index contributed by atoms with van der Waals surface area (Å²) in [5, 5.41) is 25.1. The van der Waals surface area contributed by atoms with Crippen LogP contribution in [0.1, 0.15) is 38.7 Å². The van der Waals surface area contributed by atoms with E-state index in [-0.39, 0.29) is 18.8 Å². The number of benzene rings is 1. The average Bonchev–Trinajstić information content (AvgIpc) is 2.72. The third kappa shape index (κ3) is 16.5. The molecule has 0 aliphatic rings. The minimum atomic E-state index is -1.11. The second-order valence-electron chi connectivity index (χ2n) is 6.83. The van der Waals surface area contributed by atoms with Crippen LogP contribution < -0.4 is 22.9 Å². The molecule has 0 saturated heterocycles. The Bertz CT molecular complexity index is 685. The van der Waals surface area contributed by atoms with E-state index in [1.807, 2.05) is 44.2 Å². The topological polar surface area (TPSA) is 233 Å². The van der Waals surface area contributed by atoms with Crippen LogP contribution in [0.25, 0.3) is 0 Å². The fraction of sp³-hybridized carbons (Fsp3) is 0.500. The van der Waals surface area contributed by atoms with Crippen molar-refractivity contribution >= 4 is 23.8 Å². The summed E-state index contributed by atoms with van der Waals surface area (Å²) in [7, 11) is 0. The molecule has 1 amide bonds. The SMILES string of the molecule is CC[C@H](C)[C@H](N)C(=O)O.NC(=O)CC[C@H](N)C(=O)O.N[C@@H](Cc1ccccc1)C(=O)O. The van der Waals surface area contributed by atoms with E-state index < -0.39 is 41.9 Å². The first-order chi connectivity index (χ1) is 14.3. The van der Waals surface area contributed by atoms with Crippen molar-refractivity contribution in [1.82, 2.24) is 0 Å². The Balaban J connectivity index is 0. The van der Waals surface area contributed by atoms with E-state index in [4.69, 9.17) is 38.3 Å². The van der Waals surface area contributed by atoms with Crippen molar-refractivity contribution in [2.24, 2.45) is 28.9 Å². The van der Waals surface area contributed by atoms with Crippen LogP contribution in [0.5, 0.6) is 0 Å². The van der Waals surface area contributed by atoms with E-state index >= 15 is 0 Å². The van der Waals surface area contributed by atoms with E-state index in [0.717, 1.165) is 12.0 Å². The maximum Gasteiger partial charge on any atom is 0.320 e. The van der Waals surface area contributed by atoms with Gasteiger partial charge < -0.3 is 38.3 Å². The average molecular weight is 443 g/mol. The van der Waals surface area contributed by atoms with Crippen LogP contribution in [-0.4, -0.2) is 57.3 Å². The van der Waals surface area contributed by atoms with E-state index in [1.165, 1.54) is 0 Å². The van der Waals surface area contributed by atoms with Gasteiger partial charge in [-0.25, -0.2) is 0 Å². The Morgan fingerprint density at radius 2 is 1.35 bits per heavy atom. The standard InChI is InChI=1S/C9H11NO2.C6H13NO2.C5H10N2O3/c10-8(9(11)12)6-7-4-2-1-3-5-7;1-3-4(2)5(7)6(8)9;6-3(5(9)10)1-2-4(7)8/h1-5,8H,6,10H2,(H,11,12);4-5H,3,7H2,1-2H3,(H,8,9);3H,1-2,6H2,(H2,7,8)(H,9,10)/t8-;4-,5-;3-/m000/s1. The highest BCUT2D eigenvalue weighted by Gasteiger charge is 2.17. The highest BCUT2D eigenvalue weighted by Crippen LogP contribution is 2.04. The van der Waals surface area contributed by atoms with Gasteiger partial charge >= 0.3 is 17.9 Å². The van der Waals surface area contributed by atoms with Crippen LogP contribution in [0, 0.1) is 5.92 Å². The number of carboxylic acids is 3. The molecule has 0 heterocycles. The lowest BCUT2D eigenvalue weighted by Gasteiger charge is -2.11. The van der Waals surface area contributed by atoms with Crippen molar-refractivity contribution in [3.8, 4) is 0 Å².